The second-order valence-corrected chi connectivity index (χ2v) is 2.87. The highest BCUT2D eigenvalue weighted by Crippen LogP contribution is 2.14. The Kier molecular flexibility index (Phi) is 2.32. The molecule has 0 amide bonds. The Morgan fingerprint density at radius 1 is 2.00 bits per heavy atom. The van der Waals surface area contributed by atoms with Crippen molar-refractivity contribution in [1.29, 1.82) is 0 Å². The van der Waals surface area contributed by atoms with Gasteiger partial charge < -0.3 is 0 Å². The fourth-order valence-electron chi connectivity index (χ4n) is 0.546. The van der Waals surface area contributed by atoms with E-state index >= 15 is 0 Å². The van der Waals surface area contributed by atoms with Crippen molar-refractivity contribution in [2.75, 3.05) is 5.75 Å². The fourth-order valence-corrected chi connectivity index (χ4v) is 1.19. The summed E-state index contributed by atoms with van der Waals surface area (Å²) in [5, 5.41) is 9.88. The second kappa shape index (κ2) is 3.05. The number of hydrogen-bond acceptors (Lipinski definition) is 5. The van der Waals surface area contributed by atoms with Crippen molar-refractivity contribution in [1.82, 2.24) is 10.6 Å². The molecule has 1 unspecified atom stereocenters. The Labute approximate surface area is 57.9 Å². The Balaban J connectivity index is 2.31. The third-order valence-electron chi connectivity index (χ3n) is 0.917. The number of aliphatic imine (C=N–C) groups is 1. The van der Waals surface area contributed by atoms with Crippen LogP contribution in [0.15, 0.2) is 4.99 Å². The topological polar surface area (TPSA) is 47.9 Å². The fraction of sp³-hybridized carbons (Fsp3) is 0.750. The van der Waals surface area contributed by atoms with Crippen LogP contribution in [0, 0.1) is 0 Å². The highest BCUT2D eigenvalue weighted by Gasteiger charge is 2.17. The van der Waals surface area contributed by atoms with Crippen molar-refractivity contribution < 1.29 is 5.21 Å². The molecular formula is C4H9N3OS. The molecule has 0 fully saturated rings. The molecule has 0 aromatic heterocycles. The summed E-state index contributed by atoms with van der Waals surface area (Å²) in [6, 6.07) is 0. The van der Waals surface area contributed by atoms with E-state index < -0.39 is 0 Å². The summed E-state index contributed by atoms with van der Waals surface area (Å²) in [6.45, 7) is 2.02. The van der Waals surface area contributed by atoms with E-state index in [0.29, 0.717) is 0 Å². The first-order chi connectivity index (χ1) is 4.34. The minimum Gasteiger partial charge on any atom is -0.292 e. The molecule has 1 atom stereocenters. The van der Waals surface area contributed by atoms with Crippen LogP contribution in [0.4, 0.5) is 0 Å². The van der Waals surface area contributed by atoms with Gasteiger partial charge in [0.05, 0.1) is 0 Å². The molecule has 52 valence electrons. The van der Waals surface area contributed by atoms with E-state index in [2.05, 4.69) is 10.4 Å². The lowest BCUT2D eigenvalue weighted by Crippen LogP contribution is -2.33. The third-order valence-corrected chi connectivity index (χ3v) is 1.87. The SMILES string of the molecule is CCSC1N=CNN1O. The highest BCUT2D eigenvalue weighted by atomic mass is 32.2. The Morgan fingerprint density at radius 3 is 3.22 bits per heavy atom. The average molecular weight is 147 g/mol. The van der Waals surface area contributed by atoms with Gasteiger partial charge in [0.25, 0.3) is 0 Å². The molecule has 5 heteroatoms. The number of hydroxylamine groups is 1. The van der Waals surface area contributed by atoms with Crippen LogP contribution in [0.25, 0.3) is 0 Å². The molecule has 2 N–H and O–H groups in total. The highest BCUT2D eigenvalue weighted by molar-refractivity contribution is 7.99. The van der Waals surface area contributed by atoms with Gasteiger partial charge in [-0.05, 0) is 5.75 Å². The van der Waals surface area contributed by atoms with E-state index in [1.807, 2.05) is 6.92 Å². The summed E-state index contributed by atoms with van der Waals surface area (Å²) in [4.78, 5) is 3.91. The third kappa shape index (κ3) is 1.57. The second-order valence-electron chi connectivity index (χ2n) is 1.53. The standard InChI is InChI=1S/C4H9N3OS/c1-2-9-4-5-3-6-7(4)8/h3-4,8H,2H2,1H3,(H,5,6). The maximum atomic E-state index is 8.90. The summed E-state index contributed by atoms with van der Waals surface area (Å²) in [7, 11) is 0. The van der Waals surface area contributed by atoms with Gasteiger partial charge in [-0.25, -0.2) is 4.99 Å². The molecule has 0 spiro atoms. The van der Waals surface area contributed by atoms with Gasteiger partial charge in [0, 0.05) is 0 Å². The lowest BCUT2D eigenvalue weighted by atomic mass is 11.0. The maximum absolute atomic E-state index is 8.90. The normalized spacial score (nSPS) is 26.7. The zero-order valence-electron chi connectivity index (χ0n) is 5.11. The van der Waals surface area contributed by atoms with E-state index in [0.717, 1.165) is 10.9 Å². The van der Waals surface area contributed by atoms with Crippen molar-refractivity contribution in [2.24, 2.45) is 4.99 Å². The summed E-state index contributed by atoms with van der Waals surface area (Å²) in [6.07, 6.45) is 1.48. The van der Waals surface area contributed by atoms with Gasteiger partial charge in [0.1, 0.15) is 6.34 Å². The average Bonchev–Trinajstić information content (AvgIpc) is 2.18. The molecule has 0 aliphatic carbocycles. The van der Waals surface area contributed by atoms with E-state index in [1.165, 1.54) is 6.34 Å². The van der Waals surface area contributed by atoms with Gasteiger partial charge in [-0.2, -0.15) is 0 Å². The van der Waals surface area contributed by atoms with Crippen LogP contribution in [0.1, 0.15) is 6.92 Å². The zero-order chi connectivity index (χ0) is 6.69. The number of hydrogen-bond donors (Lipinski definition) is 2. The lowest BCUT2D eigenvalue weighted by Gasteiger charge is -2.12. The van der Waals surface area contributed by atoms with Gasteiger partial charge >= 0.3 is 0 Å². The van der Waals surface area contributed by atoms with Crippen molar-refractivity contribution in [3.63, 3.8) is 0 Å². The van der Waals surface area contributed by atoms with Crippen LogP contribution in [0.3, 0.4) is 0 Å². The monoisotopic (exact) mass is 147 g/mol. The van der Waals surface area contributed by atoms with Crippen LogP contribution < -0.4 is 5.43 Å². The first-order valence-corrected chi connectivity index (χ1v) is 3.77. The Morgan fingerprint density at radius 2 is 2.78 bits per heavy atom. The molecule has 0 bridgehead atoms. The number of hydrazine groups is 1. The van der Waals surface area contributed by atoms with Gasteiger partial charge in [0.2, 0.25) is 0 Å². The molecule has 0 radical (unpaired) electrons. The molecule has 1 heterocycles. The van der Waals surface area contributed by atoms with Crippen LogP contribution >= 0.6 is 11.8 Å². The molecule has 0 aromatic carbocycles. The summed E-state index contributed by atoms with van der Waals surface area (Å²) in [5.74, 6) is 0.945. The van der Waals surface area contributed by atoms with Gasteiger partial charge in [-0.15, -0.1) is 11.8 Å². The predicted octanol–water partition coefficient (Wildman–Crippen LogP) is 0.261. The molecule has 9 heavy (non-hydrogen) atoms. The smallest absolute Gasteiger partial charge is 0.193 e. The summed E-state index contributed by atoms with van der Waals surface area (Å²) >= 11 is 1.56. The van der Waals surface area contributed by atoms with Crippen molar-refractivity contribution in [2.45, 2.75) is 12.4 Å². The molecular weight excluding hydrogens is 138 g/mol. The number of nitrogens with one attached hydrogen (secondary N) is 1. The summed E-state index contributed by atoms with van der Waals surface area (Å²) in [5.41, 5.74) is 2.37. The molecule has 1 rings (SSSR count). The van der Waals surface area contributed by atoms with E-state index in [4.69, 9.17) is 5.21 Å². The molecule has 0 saturated heterocycles. The minimum absolute atomic E-state index is 0.157. The van der Waals surface area contributed by atoms with Gasteiger partial charge in [-0.3, -0.25) is 10.6 Å². The van der Waals surface area contributed by atoms with Gasteiger partial charge in [0.15, 0.2) is 5.50 Å². The Bertz CT molecular complexity index is 118. The molecule has 4 nitrogen and oxygen atoms in total. The number of rotatable bonds is 2. The summed E-state index contributed by atoms with van der Waals surface area (Å²) < 4.78 is 0. The van der Waals surface area contributed by atoms with Crippen LogP contribution in [-0.4, -0.2) is 28.0 Å². The number of nitrogens with zero attached hydrogens (tertiary/aromatic N) is 2. The quantitative estimate of drug-likeness (QED) is 0.588. The van der Waals surface area contributed by atoms with Crippen molar-refractivity contribution in [3.05, 3.63) is 0 Å². The largest absolute Gasteiger partial charge is 0.292 e. The van der Waals surface area contributed by atoms with E-state index in [9.17, 15) is 0 Å². The molecule has 0 saturated carbocycles. The van der Waals surface area contributed by atoms with Crippen molar-refractivity contribution >= 4 is 18.1 Å². The maximum Gasteiger partial charge on any atom is 0.193 e. The lowest BCUT2D eigenvalue weighted by molar-refractivity contribution is -0.115. The molecule has 1 aliphatic heterocycles. The molecule has 0 aromatic rings. The van der Waals surface area contributed by atoms with Crippen LogP contribution in [0.2, 0.25) is 0 Å². The number of thioether (sulfide) groups is 1. The predicted molar refractivity (Wildman–Crippen MR) is 37.2 cm³/mol. The first-order valence-electron chi connectivity index (χ1n) is 2.72. The minimum atomic E-state index is -0.157. The van der Waals surface area contributed by atoms with Gasteiger partial charge in [-0.1, -0.05) is 12.1 Å². The van der Waals surface area contributed by atoms with Crippen LogP contribution in [-0.2, 0) is 0 Å². The zero-order valence-corrected chi connectivity index (χ0v) is 5.93. The van der Waals surface area contributed by atoms with Crippen LogP contribution in [0.5, 0.6) is 0 Å². The van der Waals surface area contributed by atoms with Crippen molar-refractivity contribution in [3.8, 4) is 0 Å². The molecule has 1 aliphatic rings. The Hall–Kier alpha value is -0.260. The van der Waals surface area contributed by atoms with E-state index in [-0.39, 0.29) is 5.50 Å². The first kappa shape index (κ1) is 6.85. The van der Waals surface area contributed by atoms with E-state index in [1.54, 1.807) is 11.8 Å².